The number of amides is 1. The summed E-state index contributed by atoms with van der Waals surface area (Å²) in [5, 5.41) is 13.9. The molecular formula is C39H71N6O6P. The third kappa shape index (κ3) is 20.8. The number of hydrogen-bond acceptors (Lipinski definition) is 9. The van der Waals surface area contributed by atoms with Gasteiger partial charge in [0.25, 0.3) is 0 Å². The summed E-state index contributed by atoms with van der Waals surface area (Å²) >= 11 is 0. The van der Waals surface area contributed by atoms with Crippen molar-refractivity contribution in [1.82, 2.24) is 24.8 Å². The van der Waals surface area contributed by atoms with E-state index in [1.807, 2.05) is 6.08 Å². The number of aromatic nitrogens is 4. The number of imidazole rings is 1. The van der Waals surface area contributed by atoms with Crippen LogP contribution in [-0.4, -0.2) is 66.6 Å². The van der Waals surface area contributed by atoms with Gasteiger partial charge in [0.15, 0.2) is 11.5 Å². The van der Waals surface area contributed by atoms with Gasteiger partial charge >= 0.3 is 7.60 Å². The molecule has 0 saturated carbocycles. The van der Waals surface area contributed by atoms with Gasteiger partial charge in [0.05, 0.1) is 37.7 Å². The van der Waals surface area contributed by atoms with Gasteiger partial charge in [-0.3, -0.25) is 9.36 Å². The summed E-state index contributed by atoms with van der Waals surface area (Å²) in [6.45, 7) is 6.21. The van der Waals surface area contributed by atoms with Gasteiger partial charge in [-0.1, -0.05) is 142 Å². The smallest absolute Gasteiger partial charge is 0.353 e. The summed E-state index contributed by atoms with van der Waals surface area (Å²) in [4.78, 5) is 35.9. The van der Waals surface area contributed by atoms with Crippen molar-refractivity contribution >= 4 is 30.5 Å². The molecule has 0 radical (unpaired) electrons. The number of nitrogens with two attached hydrogens (primary N) is 1. The standard InChI is InChI=1S/C39H71N6O6P/c1-4-6-8-10-12-14-15-16-17-19-20-22-24-26-35(46)34(44-36(47)27-25-23-21-18-13-11-9-7-5-2)29-51-52(48,49)32-50-33(3)28-45-31-43-37-38(40)41-30-42-39(37)45/h24,26,30-31,33-35,46H,4-23,25,27-29,32H2,1-3H3,(H,44,47)(H,48,49)(H2,40,41,42)/b26-24+/t33-,34+,35-/m1/s1. The van der Waals surface area contributed by atoms with E-state index in [-0.39, 0.29) is 18.3 Å². The molecule has 0 aromatic carbocycles. The van der Waals surface area contributed by atoms with Crippen LogP contribution in [0.15, 0.2) is 24.8 Å². The minimum Gasteiger partial charge on any atom is -0.387 e. The molecule has 0 spiro atoms. The number of aliphatic hydroxyl groups excluding tert-OH is 1. The van der Waals surface area contributed by atoms with Crippen LogP contribution in [0.5, 0.6) is 0 Å². The van der Waals surface area contributed by atoms with Crippen molar-refractivity contribution in [2.75, 3.05) is 18.7 Å². The minimum absolute atomic E-state index is 0.205. The molecule has 298 valence electrons. The second kappa shape index (κ2) is 28.1. The number of nitrogen functional groups attached to an aromatic ring is 1. The number of nitrogens with zero attached hydrogens (tertiary/aromatic N) is 4. The molecule has 12 nitrogen and oxygen atoms in total. The van der Waals surface area contributed by atoms with Crippen LogP contribution < -0.4 is 11.1 Å². The maximum atomic E-state index is 13.0. The molecule has 0 fully saturated rings. The second-order valence-electron chi connectivity index (χ2n) is 14.4. The maximum absolute atomic E-state index is 13.0. The predicted molar refractivity (Wildman–Crippen MR) is 211 cm³/mol. The van der Waals surface area contributed by atoms with Crippen molar-refractivity contribution in [2.24, 2.45) is 0 Å². The first-order valence-electron chi connectivity index (χ1n) is 20.3. The highest BCUT2D eigenvalue weighted by molar-refractivity contribution is 7.52. The van der Waals surface area contributed by atoms with Crippen molar-refractivity contribution < 1.29 is 28.6 Å². The molecule has 0 bridgehead atoms. The monoisotopic (exact) mass is 751 g/mol. The van der Waals surface area contributed by atoms with Crippen LogP contribution in [-0.2, 0) is 25.2 Å². The summed E-state index contributed by atoms with van der Waals surface area (Å²) in [5.41, 5.74) is 6.88. The molecule has 13 heteroatoms. The molecular weight excluding hydrogens is 679 g/mol. The molecule has 2 aromatic rings. The van der Waals surface area contributed by atoms with Gasteiger partial charge in [-0.25, -0.2) is 15.0 Å². The molecule has 2 rings (SSSR count). The number of rotatable bonds is 33. The van der Waals surface area contributed by atoms with E-state index >= 15 is 0 Å². The molecule has 4 atom stereocenters. The fourth-order valence-corrected chi connectivity index (χ4v) is 7.13. The zero-order chi connectivity index (χ0) is 37.9. The number of nitrogens with one attached hydrogen (secondary N) is 1. The summed E-state index contributed by atoms with van der Waals surface area (Å²) in [7, 11) is -4.21. The highest BCUT2D eigenvalue weighted by Crippen LogP contribution is 2.42. The van der Waals surface area contributed by atoms with Crippen LogP contribution in [0.4, 0.5) is 5.82 Å². The van der Waals surface area contributed by atoms with Crippen LogP contribution in [0, 0.1) is 0 Å². The molecule has 0 aliphatic heterocycles. The van der Waals surface area contributed by atoms with E-state index in [2.05, 4.69) is 34.1 Å². The molecule has 1 unspecified atom stereocenters. The van der Waals surface area contributed by atoms with E-state index < -0.39 is 32.2 Å². The van der Waals surface area contributed by atoms with Gasteiger partial charge in [0, 0.05) is 6.42 Å². The summed E-state index contributed by atoms with van der Waals surface area (Å²) in [6.07, 6.45) is 29.9. The third-order valence-corrected chi connectivity index (χ3v) is 10.5. The van der Waals surface area contributed by atoms with Gasteiger partial charge in [-0.05, 0) is 26.2 Å². The van der Waals surface area contributed by atoms with Crippen LogP contribution in [0.2, 0.25) is 0 Å². The number of unbranched alkanes of at least 4 members (excludes halogenated alkanes) is 19. The van der Waals surface area contributed by atoms with Crippen molar-refractivity contribution in [3.05, 3.63) is 24.8 Å². The lowest BCUT2D eigenvalue weighted by Gasteiger charge is -2.24. The minimum atomic E-state index is -4.21. The molecule has 2 heterocycles. The Hall–Kier alpha value is -2.37. The number of fused-ring (bicyclic) bond motifs is 1. The number of carbonyl (C=O) groups is 1. The van der Waals surface area contributed by atoms with E-state index in [4.69, 9.17) is 15.0 Å². The van der Waals surface area contributed by atoms with Crippen molar-refractivity contribution in [3.63, 3.8) is 0 Å². The van der Waals surface area contributed by atoms with Crippen LogP contribution in [0.3, 0.4) is 0 Å². The van der Waals surface area contributed by atoms with Gasteiger partial charge in [0.1, 0.15) is 18.2 Å². The van der Waals surface area contributed by atoms with E-state index in [9.17, 15) is 19.4 Å². The molecule has 0 aliphatic carbocycles. The Labute approximate surface area is 313 Å². The number of ether oxygens (including phenoxy) is 1. The average molecular weight is 751 g/mol. The topological polar surface area (TPSA) is 175 Å². The normalized spacial score (nSPS) is 14.9. The van der Waals surface area contributed by atoms with E-state index in [0.29, 0.717) is 24.1 Å². The van der Waals surface area contributed by atoms with E-state index in [1.54, 1.807) is 23.9 Å². The Balaban J connectivity index is 1.80. The molecule has 52 heavy (non-hydrogen) atoms. The van der Waals surface area contributed by atoms with Crippen LogP contribution in [0.1, 0.15) is 162 Å². The summed E-state index contributed by atoms with van der Waals surface area (Å²) < 4.78 is 25.8. The lowest BCUT2D eigenvalue weighted by Crippen LogP contribution is -2.45. The largest absolute Gasteiger partial charge is 0.387 e. The molecule has 0 aliphatic rings. The Kier molecular flexibility index (Phi) is 24.8. The number of allylic oxidation sites excluding steroid dienone is 1. The molecule has 1 amide bonds. The number of anilines is 1. The van der Waals surface area contributed by atoms with Crippen molar-refractivity contribution in [2.45, 2.75) is 187 Å². The second-order valence-corrected chi connectivity index (χ2v) is 16.2. The van der Waals surface area contributed by atoms with Gasteiger partial charge in [0.2, 0.25) is 5.91 Å². The quantitative estimate of drug-likeness (QED) is 0.0313. The fraction of sp³-hybridized carbons (Fsp3) is 0.795. The molecule has 2 aromatic heterocycles. The van der Waals surface area contributed by atoms with Crippen LogP contribution >= 0.6 is 7.60 Å². The summed E-state index contributed by atoms with van der Waals surface area (Å²) in [5.74, 6) is 0.0653. The van der Waals surface area contributed by atoms with Crippen LogP contribution in [0.25, 0.3) is 11.2 Å². The van der Waals surface area contributed by atoms with Gasteiger partial charge in [-0.15, -0.1) is 0 Å². The van der Waals surface area contributed by atoms with Crippen molar-refractivity contribution in [3.8, 4) is 0 Å². The number of hydrogen-bond donors (Lipinski definition) is 4. The Morgan fingerprint density at radius 1 is 0.885 bits per heavy atom. The zero-order valence-electron chi connectivity index (χ0n) is 32.6. The summed E-state index contributed by atoms with van der Waals surface area (Å²) in [6, 6.07) is -0.875. The molecule has 5 N–H and O–H groups in total. The number of carbonyl (C=O) groups excluding carboxylic acids is 1. The highest BCUT2D eigenvalue weighted by atomic mass is 31.2. The average Bonchev–Trinajstić information content (AvgIpc) is 3.54. The van der Waals surface area contributed by atoms with Crippen molar-refractivity contribution in [1.29, 1.82) is 0 Å². The van der Waals surface area contributed by atoms with E-state index in [0.717, 1.165) is 38.5 Å². The fourth-order valence-electron chi connectivity index (χ4n) is 6.21. The first-order chi connectivity index (χ1) is 25.2. The van der Waals surface area contributed by atoms with Gasteiger partial charge < -0.3 is 34.9 Å². The first kappa shape index (κ1) is 45.8. The lowest BCUT2D eigenvalue weighted by molar-refractivity contribution is -0.122. The highest BCUT2D eigenvalue weighted by Gasteiger charge is 2.27. The van der Waals surface area contributed by atoms with E-state index in [1.165, 1.54) is 103 Å². The van der Waals surface area contributed by atoms with Gasteiger partial charge in [-0.2, -0.15) is 0 Å². The maximum Gasteiger partial charge on any atom is 0.353 e. The predicted octanol–water partition coefficient (Wildman–Crippen LogP) is 9.00. The third-order valence-electron chi connectivity index (χ3n) is 9.43. The molecule has 0 saturated heterocycles. The number of aliphatic hydroxyl groups is 1. The lowest BCUT2D eigenvalue weighted by atomic mass is 10.0. The zero-order valence-corrected chi connectivity index (χ0v) is 33.5. The SMILES string of the molecule is CCCCCCCCCCCCC/C=C/[C@@H](O)[C@H](COP(=O)(O)CO[C@H](C)Cn1cnc2c(N)ncnc21)NC(=O)CCCCCCCCCCC. The Morgan fingerprint density at radius 3 is 2.04 bits per heavy atom. The Morgan fingerprint density at radius 2 is 1.44 bits per heavy atom. The first-order valence-corrected chi connectivity index (χ1v) is 22.1. The Bertz CT molecular complexity index is 1290.